The molecule has 1 aromatic rings. The summed E-state index contributed by atoms with van der Waals surface area (Å²) in [5.41, 5.74) is 1.64. The van der Waals surface area contributed by atoms with E-state index >= 15 is 0 Å². The highest BCUT2D eigenvalue weighted by Crippen LogP contribution is 2.30. The topological polar surface area (TPSA) is 12.0 Å². The van der Waals surface area contributed by atoms with Gasteiger partial charge in [-0.05, 0) is 31.5 Å². The van der Waals surface area contributed by atoms with Crippen molar-refractivity contribution in [2.75, 3.05) is 6.54 Å². The van der Waals surface area contributed by atoms with Gasteiger partial charge >= 0.3 is 0 Å². The Bertz CT molecular complexity index is 370. The van der Waals surface area contributed by atoms with Crippen LogP contribution in [0, 0.1) is 5.82 Å². The first-order valence-corrected chi connectivity index (χ1v) is 6.31. The number of hydrogen-bond donors (Lipinski definition) is 1. The molecule has 1 nitrogen and oxygen atoms in total. The lowest BCUT2D eigenvalue weighted by Gasteiger charge is -2.21. The maximum Gasteiger partial charge on any atom is 0.129 e. The molecule has 0 aromatic heterocycles. The summed E-state index contributed by atoms with van der Waals surface area (Å²) in [6.07, 6.45) is 1.61. The number of nitrogens with one attached hydrogen (secondary N) is 1. The average Bonchev–Trinajstić information content (AvgIpc) is 2.28. The van der Waals surface area contributed by atoms with Gasteiger partial charge in [0.15, 0.2) is 0 Å². The first-order chi connectivity index (χ1) is 8.10. The van der Waals surface area contributed by atoms with E-state index in [4.69, 9.17) is 11.6 Å². The van der Waals surface area contributed by atoms with E-state index in [1.807, 2.05) is 13.8 Å². The Hall–Kier alpha value is -0.860. The smallest absolute Gasteiger partial charge is 0.129 e. The van der Waals surface area contributed by atoms with E-state index < -0.39 is 0 Å². The summed E-state index contributed by atoms with van der Waals surface area (Å²) in [5.74, 6) is -0.257. The zero-order chi connectivity index (χ0) is 12.8. The van der Waals surface area contributed by atoms with E-state index in [-0.39, 0.29) is 11.9 Å². The summed E-state index contributed by atoms with van der Waals surface area (Å²) in [4.78, 5) is 0. The maximum absolute atomic E-state index is 13.8. The Balaban J connectivity index is 3.00. The Morgan fingerprint density at radius 3 is 2.71 bits per heavy atom. The normalized spacial score (nSPS) is 12.5. The van der Waals surface area contributed by atoms with Gasteiger partial charge in [0.25, 0.3) is 0 Å². The van der Waals surface area contributed by atoms with Crippen molar-refractivity contribution in [2.45, 2.75) is 32.7 Å². The van der Waals surface area contributed by atoms with Gasteiger partial charge in [-0.2, -0.15) is 0 Å². The highest BCUT2D eigenvalue weighted by Gasteiger charge is 2.18. The predicted octanol–water partition coefficient (Wildman–Crippen LogP) is 4.49. The van der Waals surface area contributed by atoms with Crippen LogP contribution in [0.2, 0.25) is 5.02 Å². The third kappa shape index (κ3) is 3.83. The monoisotopic (exact) mass is 255 g/mol. The average molecular weight is 256 g/mol. The fourth-order valence-electron chi connectivity index (χ4n) is 1.80. The molecule has 0 aliphatic heterocycles. The minimum absolute atomic E-state index is 0.0962. The second kappa shape index (κ2) is 6.77. The lowest BCUT2D eigenvalue weighted by molar-refractivity contribution is 0.506. The van der Waals surface area contributed by atoms with Crippen molar-refractivity contribution >= 4 is 11.6 Å². The van der Waals surface area contributed by atoms with Gasteiger partial charge in [0.1, 0.15) is 5.82 Å². The largest absolute Gasteiger partial charge is 0.310 e. The molecule has 3 heteroatoms. The van der Waals surface area contributed by atoms with Crippen LogP contribution in [0.1, 0.15) is 38.3 Å². The van der Waals surface area contributed by atoms with Crippen molar-refractivity contribution in [1.29, 1.82) is 0 Å². The van der Waals surface area contributed by atoms with Crippen molar-refractivity contribution in [3.8, 4) is 0 Å². The minimum atomic E-state index is -0.257. The lowest BCUT2D eigenvalue weighted by atomic mass is 9.98. The Morgan fingerprint density at radius 1 is 1.47 bits per heavy atom. The molecule has 0 aliphatic carbocycles. The molecule has 0 fully saturated rings. The zero-order valence-corrected chi connectivity index (χ0v) is 11.1. The molecule has 17 heavy (non-hydrogen) atoms. The number of hydrogen-bond acceptors (Lipinski definition) is 1. The van der Waals surface area contributed by atoms with Gasteiger partial charge in [-0.25, -0.2) is 4.39 Å². The number of rotatable bonds is 6. The molecule has 1 aromatic carbocycles. The van der Waals surface area contributed by atoms with Gasteiger partial charge < -0.3 is 5.32 Å². The molecule has 1 unspecified atom stereocenters. The fourth-order valence-corrected chi connectivity index (χ4v) is 2.09. The van der Waals surface area contributed by atoms with Gasteiger partial charge in [0, 0.05) is 16.6 Å². The van der Waals surface area contributed by atoms with Crippen molar-refractivity contribution in [3.05, 3.63) is 46.8 Å². The van der Waals surface area contributed by atoms with Crippen molar-refractivity contribution in [2.24, 2.45) is 0 Å². The molecule has 1 rings (SSSR count). The Labute approximate surface area is 108 Å². The van der Waals surface area contributed by atoms with Crippen LogP contribution in [0.4, 0.5) is 4.39 Å². The Kier molecular flexibility index (Phi) is 5.66. The summed E-state index contributed by atoms with van der Waals surface area (Å²) >= 11 is 6.08. The molecule has 0 bridgehead atoms. The van der Waals surface area contributed by atoms with E-state index in [1.165, 1.54) is 6.07 Å². The van der Waals surface area contributed by atoms with Crippen molar-refractivity contribution in [3.63, 3.8) is 0 Å². The first kappa shape index (κ1) is 14.2. The number of halogens is 2. The molecular formula is C14H19ClFN. The van der Waals surface area contributed by atoms with Gasteiger partial charge in [0.2, 0.25) is 0 Å². The van der Waals surface area contributed by atoms with Crippen LogP contribution in [0.15, 0.2) is 30.4 Å². The van der Waals surface area contributed by atoms with Crippen LogP contribution in [0.5, 0.6) is 0 Å². The van der Waals surface area contributed by atoms with Crippen molar-refractivity contribution < 1.29 is 4.39 Å². The lowest BCUT2D eigenvalue weighted by Crippen LogP contribution is -2.22. The Morgan fingerprint density at radius 2 is 2.18 bits per heavy atom. The van der Waals surface area contributed by atoms with E-state index in [0.29, 0.717) is 17.0 Å². The van der Waals surface area contributed by atoms with Gasteiger partial charge in [-0.3, -0.25) is 0 Å². The number of benzene rings is 1. The van der Waals surface area contributed by atoms with Crippen LogP contribution in [-0.4, -0.2) is 6.54 Å². The summed E-state index contributed by atoms with van der Waals surface area (Å²) < 4.78 is 13.8. The highest BCUT2D eigenvalue weighted by molar-refractivity contribution is 6.31. The van der Waals surface area contributed by atoms with Gasteiger partial charge in [-0.1, -0.05) is 43.7 Å². The van der Waals surface area contributed by atoms with Crippen LogP contribution >= 0.6 is 11.6 Å². The zero-order valence-electron chi connectivity index (χ0n) is 10.4. The highest BCUT2D eigenvalue weighted by atomic mass is 35.5. The predicted molar refractivity (Wildman–Crippen MR) is 71.9 cm³/mol. The molecule has 1 atom stereocenters. The van der Waals surface area contributed by atoms with Gasteiger partial charge in [0.05, 0.1) is 0 Å². The standard InChI is InChI=1S/C14H19ClFN/c1-4-10(3)9-13(17-5-2)14-11(15)7-6-8-12(14)16/h6-8,13,17H,3-5,9H2,1-2H3. The molecule has 0 spiro atoms. The third-order valence-electron chi connectivity index (χ3n) is 2.79. The molecule has 0 aliphatic rings. The quantitative estimate of drug-likeness (QED) is 0.739. The second-order valence-electron chi connectivity index (χ2n) is 4.05. The second-order valence-corrected chi connectivity index (χ2v) is 4.46. The molecule has 1 N–H and O–H groups in total. The molecule has 0 heterocycles. The van der Waals surface area contributed by atoms with Crippen LogP contribution < -0.4 is 5.32 Å². The fraction of sp³-hybridized carbons (Fsp3) is 0.429. The van der Waals surface area contributed by atoms with Crippen molar-refractivity contribution in [1.82, 2.24) is 5.32 Å². The van der Waals surface area contributed by atoms with Crippen LogP contribution in [0.3, 0.4) is 0 Å². The summed E-state index contributed by atoms with van der Waals surface area (Å²) in [7, 11) is 0. The maximum atomic E-state index is 13.8. The molecule has 0 saturated carbocycles. The van der Waals surface area contributed by atoms with E-state index in [9.17, 15) is 4.39 Å². The molecule has 94 valence electrons. The van der Waals surface area contributed by atoms with E-state index in [2.05, 4.69) is 11.9 Å². The molecular weight excluding hydrogens is 237 g/mol. The van der Waals surface area contributed by atoms with Gasteiger partial charge in [-0.15, -0.1) is 0 Å². The first-order valence-electron chi connectivity index (χ1n) is 5.94. The van der Waals surface area contributed by atoms with Crippen LogP contribution in [0.25, 0.3) is 0 Å². The summed E-state index contributed by atoms with van der Waals surface area (Å²) in [6, 6.07) is 4.69. The third-order valence-corrected chi connectivity index (χ3v) is 3.12. The molecule has 0 radical (unpaired) electrons. The van der Waals surface area contributed by atoms with E-state index in [0.717, 1.165) is 18.5 Å². The van der Waals surface area contributed by atoms with Crippen LogP contribution in [-0.2, 0) is 0 Å². The molecule has 0 saturated heterocycles. The SMILES string of the molecule is C=C(CC)CC(NCC)c1c(F)cccc1Cl. The minimum Gasteiger partial charge on any atom is -0.310 e. The van der Waals surface area contributed by atoms with E-state index in [1.54, 1.807) is 12.1 Å². The molecule has 0 amide bonds. The summed E-state index contributed by atoms with van der Waals surface area (Å²) in [5, 5.41) is 3.73. The summed E-state index contributed by atoms with van der Waals surface area (Å²) in [6.45, 7) is 8.79.